The Hall–Kier alpha value is -0.420. The number of hydrogen-bond acceptors (Lipinski definition) is 3. The molecule has 0 aliphatic rings. The summed E-state index contributed by atoms with van der Waals surface area (Å²) in [4.78, 5) is 0. The molecule has 0 aliphatic heterocycles. The van der Waals surface area contributed by atoms with Crippen molar-refractivity contribution < 1.29 is 9.47 Å². The Balaban J connectivity index is 2.28. The number of benzene rings is 1. The van der Waals surface area contributed by atoms with E-state index in [1.54, 1.807) is 7.11 Å². The molecule has 0 saturated carbocycles. The van der Waals surface area contributed by atoms with Gasteiger partial charge < -0.3 is 15.2 Å². The molecule has 0 radical (unpaired) electrons. The maximum Gasteiger partial charge on any atom is 0.0701 e. The molecule has 0 spiro atoms. The topological polar surface area (TPSA) is 44.5 Å². The van der Waals surface area contributed by atoms with Gasteiger partial charge >= 0.3 is 0 Å². The van der Waals surface area contributed by atoms with E-state index in [2.05, 4.69) is 22.0 Å². The SMILES string of the molecule is COCCOCC(N)Cc1ccccc1Br. The van der Waals surface area contributed by atoms with Crippen molar-refractivity contribution in [1.82, 2.24) is 0 Å². The first kappa shape index (κ1) is 13.6. The van der Waals surface area contributed by atoms with Crippen LogP contribution >= 0.6 is 15.9 Å². The van der Waals surface area contributed by atoms with E-state index in [1.165, 1.54) is 5.56 Å². The molecular formula is C12H18BrNO2. The molecule has 1 atom stereocenters. The summed E-state index contributed by atoms with van der Waals surface area (Å²) in [6.07, 6.45) is 0.814. The van der Waals surface area contributed by atoms with Crippen LogP contribution < -0.4 is 5.73 Å². The Morgan fingerprint density at radius 1 is 1.31 bits per heavy atom. The highest BCUT2D eigenvalue weighted by molar-refractivity contribution is 9.10. The number of ether oxygens (including phenoxy) is 2. The third kappa shape index (κ3) is 5.07. The average molecular weight is 288 g/mol. The van der Waals surface area contributed by atoms with Crippen LogP contribution in [0, 0.1) is 0 Å². The number of methoxy groups -OCH3 is 1. The highest BCUT2D eigenvalue weighted by Crippen LogP contribution is 2.16. The summed E-state index contributed by atoms with van der Waals surface area (Å²) in [6, 6.07) is 8.12. The van der Waals surface area contributed by atoms with Crippen molar-refractivity contribution in [3.05, 3.63) is 34.3 Å². The molecule has 0 heterocycles. The van der Waals surface area contributed by atoms with E-state index in [1.807, 2.05) is 18.2 Å². The molecule has 1 unspecified atom stereocenters. The van der Waals surface area contributed by atoms with Crippen LogP contribution in [0.3, 0.4) is 0 Å². The van der Waals surface area contributed by atoms with Gasteiger partial charge in [-0.1, -0.05) is 34.1 Å². The Morgan fingerprint density at radius 3 is 2.75 bits per heavy atom. The number of nitrogens with two attached hydrogens (primary N) is 1. The summed E-state index contributed by atoms with van der Waals surface area (Å²) in [5.41, 5.74) is 7.18. The summed E-state index contributed by atoms with van der Waals surface area (Å²) in [7, 11) is 1.66. The monoisotopic (exact) mass is 287 g/mol. The third-order valence-electron chi connectivity index (χ3n) is 2.20. The second-order valence-electron chi connectivity index (χ2n) is 3.62. The normalized spacial score (nSPS) is 12.7. The quantitative estimate of drug-likeness (QED) is 0.780. The van der Waals surface area contributed by atoms with E-state index in [0.29, 0.717) is 19.8 Å². The number of hydrogen-bond donors (Lipinski definition) is 1. The standard InChI is InChI=1S/C12H18BrNO2/c1-15-6-7-16-9-11(14)8-10-4-2-3-5-12(10)13/h2-5,11H,6-9,14H2,1H3. The van der Waals surface area contributed by atoms with Crippen molar-refractivity contribution in [2.24, 2.45) is 5.73 Å². The highest BCUT2D eigenvalue weighted by Gasteiger charge is 2.06. The van der Waals surface area contributed by atoms with Crippen molar-refractivity contribution in [1.29, 1.82) is 0 Å². The van der Waals surface area contributed by atoms with Crippen LogP contribution in [0.25, 0.3) is 0 Å². The molecule has 1 aromatic carbocycles. The summed E-state index contributed by atoms with van der Waals surface area (Å²) in [5, 5.41) is 0. The molecule has 0 aliphatic carbocycles. The first-order chi connectivity index (χ1) is 7.74. The van der Waals surface area contributed by atoms with Gasteiger partial charge in [0, 0.05) is 17.6 Å². The lowest BCUT2D eigenvalue weighted by atomic mass is 10.1. The summed E-state index contributed by atoms with van der Waals surface area (Å²) in [6.45, 7) is 1.77. The third-order valence-corrected chi connectivity index (χ3v) is 2.98. The zero-order chi connectivity index (χ0) is 11.8. The molecular weight excluding hydrogens is 270 g/mol. The number of rotatable bonds is 7. The summed E-state index contributed by atoms with van der Waals surface area (Å²) >= 11 is 3.50. The van der Waals surface area contributed by atoms with Gasteiger partial charge in [-0.25, -0.2) is 0 Å². The Kier molecular flexibility index (Phi) is 6.64. The van der Waals surface area contributed by atoms with Crippen molar-refractivity contribution >= 4 is 15.9 Å². The molecule has 0 aromatic heterocycles. The minimum atomic E-state index is 0.0237. The first-order valence-electron chi connectivity index (χ1n) is 5.29. The van der Waals surface area contributed by atoms with E-state index < -0.39 is 0 Å². The van der Waals surface area contributed by atoms with Gasteiger partial charge in [-0.15, -0.1) is 0 Å². The van der Waals surface area contributed by atoms with Gasteiger partial charge in [0.25, 0.3) is 0 Å². The van der Waals surface area contributed by atoms with Crippen LogP contribution in [-0.4, -0.2) is 33.0 Å². The van der Waals surface area contributed by atoms with Crippen molar-refractivity contribution in [2.75, 3.05) is 26.9 Å². The van der Waals surface area contributed by atoms with Crippen molar-refractivity contribution in [2.45, 2.75) is 12.5 Å². The molecule has 3 nitrogen and oxygen atoms in total. The summed E-state index contributed by atoms with van der Waals surface area (Å²) in [5.74, 6) is 0. The van der Waals surface area contributed by atoms with E-state index in [-0.39, 0.29) is 6.04 Å². The molecule has 1 rings (SSSR count). The van der Waals surface area contributed by atoms with Gasteiger partial charge in [-0.2, -0.15) is 0 Å². The maximum atomic E-state index is 5.97. The lowest BCUT2D eigenvalue weighted by Crippen LogP contribution is -2.29. The smallest absolute Gasteiger partial charge is 0.0701 e. The predicted molar refractivity (Wildman–Crippen MR) is 68.5 cm³/mol. The zero-order valence-electron chi connectivity index (χ0n) is 9.49. The Bertz CT molecular complexity index is 307. The fourth-order valence-corrected chi connectivity index (χ4v) is 1.83. The molecule has 2 N–H and O–H groups in total. The van der Waals surface area contributed by atoms with Crippen LogP contribution in [0.5, 0.6) is 0 Å². The fourth-order valence-electron chi connectivity index (χ4n) is 1.38. The number of halogens is 1. The average Bonchev–Trinajstić information content (AvgIpc) is 2.28. The molecule has 4 heteroatoms. The summed E-state index contributed by atoms with van der Waals surface area (Å²) < 4.78 is 11.4. The molecule has 0 bridgehead atoms. The largest absolute Gasteiger partial charge is 0.382 e. The molecule has 0 amide bonds. The van der Waals surface area contributed by atoms with Crippen LogP contribution in [0.1, 0.15) is 5.56 Å². The van der Waals surface area contributed by atoms with E-state index in [0.717, 1.165) is 10.9 Å². The van der Waals surface area contributed by atoms with Gasteiger partial charge in [0.05, 0.1) is 19.8 Å². The van der Waals surface area contributed by atoms with E-state index in [4.69, 9.17) is 15.2 Å². The van der Waals surface area contributed by atoms with Crippen molar-refractivity contribution in [3.63, 3.8) is 0 Å². The van der Waals surface area contributed by atoms with E-state index in [9.17, 15) is 0 Å². The molecule has 90 valence electrons. The van der Waals surface area contributed by atoms with Crippen LogP contribution in [0.15, 0.2) is 28.7 Å². The first-order valence-corrected chi connectivity index (χ1v) is 6.09. The molecule has 1 aromatic rings. The Labute approximate surface area is 105 Å². The van der Waals surface area contributed by atoms with Gasteiger partial charge in [0.2, 0.25) is 0 Å². The van der Waals surface area contributed by atoms with Gasteiger partial charge in [-0.3, -0.25) is 0 Å². The fraction of sp³-hybridized carbons (Fsp3) is 0.500. The lowest BCUT2D eigenvalue weighted by molar-refractivity contribution is 0.0637. The van der Waals surface area contributed by atoms with Gasteiger partial charge in [0.1, 0.15) is 0 Å². The lowest BCUT2D eigenvalue weighted by Gasteiger charge is -2.13. The van der Waals surface area contributed by atoms with Crippen LogP contribution in [0.2, 0.25) is 0 Å². The molecule has 0 saturated heterocycles. The zero-order valence-corrected chi connectivity index (χ0v) is 11.1. The Morgan fingerprint density at radius 2 is 2.06 bits per heavy atom. The maximum absolute atomic E-state index is 5.97. The van der Waals surface area contributed by atoms with Gasteiger partial charge in [-0.05, 0) is 18.1 Å². The molecule has 16 heavy (non-hydrogen) atoms. The molecule has 0 fully saturated rings. The minimum absolute atomic E-state index is 0.0237. The van der Waals surface area contributed by atoms with E-state index >= 15 is 0 Å². The second kappa shape index (κ2) is 7.79. The second-order valence-corrected chi connectivity index (χ2v) is 4.48. The minimum Gasteiger partial charge on any atom is -0.382 e. The van der Waals surface area contributed by atoms with Crippen LogP contribution in [0.4, 0.5) is 0 Å². The van der Waals surface area contributed by atoms with Crippen LogP contribution in [-0.2, 0) is 15.9 Å². The van der Waals surface area contributed by atoms with Gasteiger partial charge in [0.15, 0.2) is 0 Å². The predicted octanol–water partition coefficient (Wildman–Crippen LogP) is 1.98. The van der Waals surface area contributed by atoms with Crippen molar-refractivity contribution in [3.8, 4) is 0 Å². The highest BCUT2D eigenvalue weighted by atomic mass is 79.9.